The van der Waals surface area contributed by atoms with Crippen molar-refractivity contribution in [1.82, 2.24) is 0 Å². The fourth-order valence-corrected chi connectivity index (χ4v) is 1.88. The van der Waals surface area contributed by atoms with Crippen LogP contribution in [0.25, 0.3) is 0 Å². The van der Waals surface area contributed by atoms with Crippen LogP contribution < -0.4 is 0 Å². The summed E-state index contributed by atoms with van der Waals surface area (Å²) in [5, 5.41) is 0.711. The standard InChI is InChI=1S/C14H17ClO3/c1-3-13-16-9-14(2,10-17-13)18-8-11-6-4-5-7-12(11)15/h3-7,13H,1,8-10H2,2H3. The maximum Gasteiger partial charge on any atom is 0.176 e. The van der Waals surface area contributed by atoms with Crippen LogP contribution >= 0.6 is 11.6 Å². The SMILES string of the molecule is C=CC1OCC(C)(OCc2ccccc2Cl)CO1. The van der Waals surface area contributed by atoms with Crippen LogP contribution in [0.15, 0.2) is 36.9 Å². The third-order valence-electron chi connectivity index (χ3n) is 2.83. The van der Waals surface area contributed by atoms with Gasteiger partial charge in [-0.1, -0.05) is 36.4 Å². The van der Waals surface area contributed by atoms with Gasteiger partial charge in [-0.2, -0.15) is 0 Å². The Labute approximate surface area is 112 Å². The maximum atomic E-state index is 6.08. The summed E-state index contributed by atoms with van der Waals surface area (Å²) in [6.07, 6.45) is 1.30. The topological polar surface area (TPSA) is 27.7 Å². The van der Waals surface area contributed by atoms with E-state index in [1.54, 1.807) is 6.08 Å². The van der Waals surface area contributed by atoms with E-state index in [4.69, 9.17) is 25.8 Å². The van der Waals surface area contributed by atoms with Crippen molar-refractivity contribution in [1.29, 1.82) is 0 Å². The van der Waals surface area contributed by atoms with E-state index >= 15 is 0 Å². The van der Waals surface area contributed by atoms with Gasteiger partial charge in [-0.05, 0) is 24.6 Å². The summed E-state index contributed by atoms with van der Waals surface area (Å²) in [4.78, 5) is 0. The zero-order valence-electron chi connectivity index (χ0n) is 10.4. The molecule has 0 unspecified atom stereocenters. The van der Waals surface area contributed by atoms with E-state index in [1.165, 1.54) is 0 Å². The largest absolute Gasteiger partial charge is 0.366 e. The molecule has 0 radical (unpaired) electrons. The van der Waals surface area contributed by atoms with E-state index in [0.717, 1.165) is 5.56 Å². The summed E-state index contributed by atoms with van der Waals surface area (Å²) in [7, 11) is 0. The van der Waals surface area contributed by atoms with Crippen molar-refractivity contribution in [3.63, 3.8) is 0 Å². The van der Waals surface area contributed by atoms with Crippen LogP contribution in [0.5, 0.6) is 0 Å². The number of hydrogen-bond donors (Lipinski definition) is 0. The molecule has 0 saturated carbocycles. The van der Waals surface area contributed by atoms with Gasteiger partial charge in [0.1, 0.15) is 5.60 Å². The molecule has 1 saturated heterocycles. The third-order valence-corrected chi connectivity index (χ3v) is 3.20. The van der Waals surface area contributed by atoms with Crippen LogP contribution in [0.3, 0.4) is 0 Å². The van der Waals surface area contributed by atoms with Gasteiger partial charge in [0, 0.05) is 5.02 Å². The Balaban J connectivity index is 1.90. The van der Waals surface area contributed by atoms with E-state index < -0.39 is 5.60 Å². The molecule has 0 aromatic heterocycles. The number of ether oxygens (including phenoxy) is 3. The minimum absolute atomic E-state index is 0.331. The molecule has 2 rings (SSSR count). The monoisotopic (exact) mass is 268 g/mol. The van der Waals surface area contributed by atoms with Crippen molar-refractivity contribution >= 4 is 11.6 Å². The molecule has 1 fully saturated rings. The molecule has 1 aliphatic heterocycles. The van der Waals surface area contributed by atoms with Gasteiger partial charge >= 0.3 is 0 Å². The van der Waals surface area contributed by atoms with Crippen molar-refractivity contribution in [2.75, 3.05) is 13.2 Å². The zero-order valence-corrected chi connectivity index (χ0v) is 11.2. The maximum absolute atomic E-state index is 6.08. The van der Waals surface area contributed by atoms with Crippen molar-refractivity contribution in [3.8, 4) is 0 Å². The second-order valence-corrected chi connectivity index (χ2v) is 4.96. The lowest BCUT2D eigenvalue weighted by Gasteiger charge is -2.36. The Morgan fingerprint density at radius 3 is 2.72 bits per heavy atom. The molecule has 98 valence electrons. The lowest BCUT2D eigenvalue weighted by molar-refractivity contribution is -0.246. The Morgan fingerprint density at radius 2 is 2.11 bits per heavy atom. The van der Waals surface area contributed by atoms with Crippen molar-refractivity contribution in [2.45, 2.75) is 25.4 Å². The zero-order chi connectivity index (χ0) is 13.0. The predicted octanol–water partition coefficient (Wildman–Crippen LogP) is 3.17. The second kappa shape index (κ2) is 5.85. The van der Waals surface area contributed by atoms with E-state index in [9.17, 15) is 0 Å². The highest BCUT2D eigenvalue weighted by Gasteiger charge is 2.32. The molecule has 0 N–H and O–H groups in total. The molecule has 0 aliphatic carbocycles. The lowest BCUT2D eigenvalue weighted by Crippen LogP contribution is -2.46. The van der Waals surface area contributed by atoms with Crippen LogP contribution in [0, 0.1) is 0 Å². The Bertz CT molecular complexity index is 411. The van der Waals surface area contributed by atoms with E-state index in [2.05, 4.69) is 6.58 Å². The average molecular weight is 269 g/mol. The van der Waals surface area contributed by atoms with Crippen molar-refractivity contribution in [3.05, 3.63) is 47.5 Å². The van der Waals surface area contributed by atoms with E-state index in [0.29, 0.717) is 24.8 Å². The Hall–Kier alpha value is -0.870. The highest BCUT2D eigenvalue weighted by atomic mass is 35.5. The fourth-order valence-electron chi connectivity index (χ4n) is 1.69. The molecule has 1 heterocycles. The number of rotatable bonds is 4. The number of hydrogen-bond acceptors (Lipinski definition) is 3. The first-order valence-corrected chi connectivity index (χ1v) is 6.24. The van der Waals surface area contributed by atoms with E-state index in [-0.39, 0.29) is 6.29 Å². The number of benzene rings is 1. The van der Waals surface area contributed by atoms with Crippen LogP contribution in [-0.2, 0) is 20.8 Å². The molecular weight excluding hydrogens is 252 g/mol. The summed E-state index contributed by atoms with van der Waals surface area (Å²) in [5.41, 5.74) is 0.518. The summed E-state index contributed by atoms with van der Waals surface area (Å²) in [6.45, 7) is 7.00. The molecule has 0 spiro atoms. The van der Waals surface area contributed by atoms with Gasteiger partial charge in [-0.3, -0.25) is 0 Å². The first-order valence-electron chi connectivity index (χ1n) is 5.86. The number of halogens is 1. The first-order chi connectivity index (χ1) is 8.63. The Kier molecular flexibility index (Phi) is 4.40. The molecule has 1 aromatic carbocycles. The van der Waals surface area contributed by atoms with Crippen LogP contribution in [0.1, 0.15) is 12.5 Å². The Morgan fingerprint density at radius 1 is 1.44 bits per heavy atom. The summed E-state index contributed by atoms with van der Waals surface area (Å²) < 4.78 is 16.8. The molecular formula is C14H17ClO3. The van der Waals surface area contributed by atoms with Gasteiger partial charge in [0.15, 0.2) is 6.29 Å². The summed E-state index contributed by atoms with van der Waals surface area (Å²) in [5.74, 6) is 0. The summed E-state index contributed by atoms with van der Waals surface area (Å²) >= 11 is 6.08. The fraction of sp³-hybridized carbons (Fsp3) is 0.429. The molecule has 18 heavy (non-hydrogen) atoms. The van der Waals surface area contributed by atoms with Crippen LogP contribution in [0.4, 0.5) is 0 Å². The average Bonchev–Trinajstić information content (AvgIpc) is 2.39. The smallest absolute Gasteiger partial charge is 0.176 e. The highest BCUT2D eigenvalue weighted by Crippen LogP contribution is 2.23. The molecule has 0 amide bonds. The lowest BCUT2D eigenvalue weighted by atomic mass is 10.1. The summed E-state index contributed by atoms with van der Waals surface area (Å²) in [6, 6.07) is 7.64. The molecule has 4 heteroatoms. The molecule has 0 atom stereocenters. The quantitative estimate of drug-likeness (QED) is 0.785. The van der Waals surface area contributed by atoms with Crippen molar-refractivity contribution < 1.29 is 14.2 Å². The molecule has 0 bridgehead atoms. The highest BCUT2D eigenvalue weighted by molar-refractivity contribution is 6.31. The van der Waals surface area contributed by atoms with Gasteiger partial charge in [0.25, 0.3) is 0 Å². The van der Waals surface area contributed by atoms with Crippen LogP contribution in [-0.4, -0.2) is 25.1 Å². The first kappa shape index (κ1) is 13.6. The van der Waals surface area contributed by atoms with Crippen molar-refractivity contribution in [2.24, 2.45) is 0 Å². The van der Waals surface area contributed by atoms with Gasteiger partial charge in [0.05, 0.1) is 19.8 Å². The van der Waals surface area contributed by atoms with Gasteiger partial charge in [-0.25, -0.2) is 0 Å². The predicted molar refractivity (Wildman–Crippen MR) is 70.5 cm³/mol. The minimum Gasteiger partial charge on any atom is -0.366 e. The van der Waals surface area contributed by atoms with Crippen LogP contribution in [0.2, 0.25) is 5.02 Å². The normalized spacial score (nSPS) is 28.0. The molecule has 1 aliphatic rings. The van der Waals surface area contributed by atoms with E-state index in [1.807, 2.05) is 31.2 Å². The van der Waals surface area contributed by atoms with Gasteiger partial charge < -0.3 is 14.2 Å². The van der Waals surface area contributed by atoms with Gasteiger partial charge in [0.2, 0.25) is 0 Å². The molecule has 1 aromatic rings. The third kappa shape index (κ3) is 3.33. The minimum atomic E-state index is -0.446. The van der Waals surface area contributed by atoms with Gasteiger partial charge in [-0.15, -0.1) is 0 Å². The molecule has 3 nitrogen and oxygen atoms in total. The second-order valence-electron chi connectivity index (χ2n) is 4.56.